The summed E-state index contributed by atoms with van der Waals surface area (Å²) in [5.41, 5.74) is 2.21. The van der Waals surface area contributed by atoms with Crippen molar-refractivity contribution in [3.63, 3.8) is 0 Å². The van der Waals surface area contributed by atoms with Crippen LogP contribution in [-0.4, -0.2) is 5.60 Å². The third kappa shape index (κ3) is 1.58. The van der Waals surface area contributed by atoms with Gasteiger partial charge in [-0.05, 0) is 31.0 Å². The van der Waals surface area contributed by atoms with Gasteiger partial charge in [-0.1, -0.05) is 12.1 Å². The van der Waals surface area contributed by atoms with E-state index in [9.17, 15) is 0 Å². The summed E-state index contributed by atoms with van der Waals surface area (Å²) in [6.45, 7) is 4.16. The third-order valence-corrected chi connectivity index (χ3v) is 2.41. The SMILES string of the molecule is CC1(C)Cc2cc(CC#N)ccc2O1. The van der Waals surface area contributed by atoms with Crippen molar-refractivity contribution in [3.8, 4) is 11.8 Å². The zero-order valence-corrected chi connectivity index (χ0v) is 8.50. The molecule has 0 aliphatic carbocycles. The predicted molar refractivity (Wildman–Crippen MR) is 54.2 cm³/mol. The van der Waals surface area contributed by atoms with Gasteiger partial charge in [0.1, 0.15) is 11.4 Å². The normalized spacial score (nSPS) is 16.9. The maximum absolute atomic E-state index is 8.59. The first-order chi connectivity index (χ1) is 6.61. The Morgan fingerprint density at radius 3 is 3.00 bits per heavy atom. The molecule has 0 saturated carbocycles. The fraction of sp³-hybridized carbons (Fsp3) is 0.417. The Morgan fingerprint density at radius 1 is 1.50 bits per heavy atom. The number of benzene rings is 1. The predicted octanol–water partition coefficient (Wildman–Crippen LogP) is 2.47. The van der Waals surface area contributed by atoms with Crippen LogP contribution in [0, 0.1) is 11.3 Å². The van der Waals surface area contributed by atoms with Gasteiger partial charge in [0.2, 0.25) is 0 Å². The minimum Gasteiger partial charge on any atom is -0.487 e. The van der Waals surface area contributed by atoms with Crippen molar-refractivity contribution in [3.05, 3.63) is 29.3 Å². The Kier molecular flexibility index (Phi) is 1.96. The Hall–Kier alpha value is -1.49. The average Bonchev–Trinajstić information content (AvgIpc) is 2.38. The molecule has 1 heterocycles. The lowest BCUT2D eigenvalue weighted by molar-refractivity contribution is 0.138. The lowest BCUT2D eigenvalue weighted by Crippen LogP contribution is -2.24. The van der Waals surface area contributed by atoms with Crippen LogP contribution in [0.5, 0.6) is 5.75 Å². The van der Waals surface area contributed by atoms with Gasteiger partial charge in [0.15, 0.2) is 0 Å². The van der Waals surface area contributed by atoms with Gasteiger partial charge in [-0.2, -0.15) is 5.26 Å². The molecule has 1 aromatic rings. The molecule has 0 N–H and O–H groups in total. The standard InChI is InChI=1S/C12H13NO/c1-12(2)8-10-7-9(5-6-13)3-4-11(10)14-12/h3-4,7H,5,8H2,1-2H3. The lowest BCUT2D eigenvalue weighted by atomic mass is 10.00. The van der Waals surface area contributed by atoms with E-state index in [2.05, 4.69) is 26.0 Å². The Balaban J connectivity index is 2.32. The van der Waals surface area contributed by atoms with Crippen molar-refractivity contribution in [2.45, 2.75) is 32.3 Å². The Morgan fingerprint density at radius 2 is 2.29 bits per heavy atom. The molecule has 0 bridgehead atoms. The molecule has 0 atom stereocenters. The van der Waals surface area contributed by atoms with Crippen LogP contribution in [-0.2, 0) is 12.8 Å². The molecule has 2 nitrogen and oxygen atoms in total. The average molecular weight is 187 g/mol. The molecule has 2 rings (SSSR count). The number of ether oxygens (including phenoxy) is 1. The van der Waals surface area contributed by atoms with E-state index in [1.807, 2.05) is 12.1 Å². The van der Waals surface area contributed by atoms with E-state index in [0.29, 0.717) is 6.42 Å². The molecule has 0 radical (unpaired) electrons. The minimum atomic E-state index is -0.0897. The van der Waals surface area contributed by atoms with Crippen LogP contribution in [0.3, 0.4) is 0 Å². The number of fused-ring (bicyclic) bond motifs is 1. The summed E-state index contributed by atoms with van der Waals surface area (Å²) < 4.78 is 5.74. The van der Waals surface area contributed by atoms with E-state index in [1.165, 1.54) is 5.56 Å². The number of nitriles is 1. The van der Waals surface area contributed by atoms with Crippen molar-refractivity contribution in [2.24, 2.45) is 0 Å². The van der Waals surface area contributed by atoms with Crippen molar-refractivity contribution >= 4 is 0 Å². The highest BCUT2D eigenvalue weighted by Crippen LogP contribution is 2.35. The fourth-order valence-corrected chi connectivity index (χ4v) is 1.86. The molecule has 14 heavy (non-hydrogen) atoms. The van der Waals surface area contributed by atoms with Crippen molar-refractivity contribution in [1.29, 1.82) is 5.26 Å². The summed E-state index contributed by atoms with van der Waals surface area (Å²) >= 11 is 0. The van der Waals surface area contributed by atoms with Crippen LogP contribution in [0.2, 0.25) is 0 Å². The molecule has 1 aliphatic heterocycles. The van der Waals surface area contributed by atoms with Crippen LogP contribution in [0.4, 0.5) is 0 Å². The zero-order valence-electron chi connectivity index (χ0n) is 8.50. The Bertz CT molecular complexity index is 401. The Labute approximate surface area is 84.1 Å². The molecule has 0 saturated heterocycles. The second kappa shape index (κ2) is 3.02. The van der Waals surface area contributed by atoms with Crippen LogP contribution in [0.1, 0.15) is 25.0 Å². The molecule has 72 valence electrons. The van der Waals surface area contributed by atoms with Crippen LogP contribution >= 0.6 is 0 Å². The van der Waals surface area contributed by atoms with Gasteiger partial charge >= 0.3 is 0 Å². The number of hydrogen-bond donors (Lipinski definition) is 0. The van der Waals surface area contributed by atoms with Crippen LogP contribution in [0.15, 0.2) is 18.2 Å². The van der Waals surface area contributed by atoms with E-state index in [1.54, 1.807) is 0 Å². The van der Waals surface area contributed by atoms with E-state index in [4.69, 9.17) is 10.00 Å². The van der Waals surface area contributed by atoms with Gasteiger partial charge in [-0.15, -0.1) is 0 Å². The summed E-state index contributed by atoms with van der Waals surface area (Å²) in [5.74, 6) is 0.969. The maximum atomic E-state index is 8.59. The van der Waals surface area contributed by atoms with E-state index in [0.717, 1.165) is 17.7 Å². The topological polar surface area (TPSA) is 33.0 Å². The minimum absolute atomic E-state index is 0.0897. The van der Waals surface area contributed by atoms with Gasteiger partial charge < -0.3 is 4.74 Å². The van der Waals surface area contributed by atoms with Crippen molar-refractivity contribution in [2.75, 3.05) is 0 Å². The third-order valence-electron chi connectivity index (χ3n) is 2.41. The highest BCUT2D eigenvalue weighted by molar-refractivity contribution is 5.42. The molecule has 2 heteroatoms. The molecule has 0 unspecified atom stereocenters. The molecule has 0 spiro atoms. The monoisotopic (exact) mass is 187 g/mol. The van der Waals surface area contributed by atoms with E-state index >= 15 is 0 Å². The first-order valence-electron chi connectivity index (χ1n) is 4.78. The molecule has 1 aromatic carbocycles. The van der Waals surface area contributed by atoms with Gasteiger partial charge in [0.25, 0.3) is 0 Å². The molecular formula is C12H13NO. The quantitative estimate of drug-likeness (QED) is 0.676. The van der Waals surface area contributed by atoms with Crippen molar-refractivity contribution < 1.29 is 4.74 Å². The smallest absolute Gasteiger partial charge is 0.123 e. The maximum Gasteiger partial charge on any atom is 0.123 e. The van der Waals surface area contributed by atoms with Gasteiger partial charge in [0, 0.05) is 6.42 Å². The second-order valence-corrected chi connectivity index (χ2v) is 4.32. The van der Waals surface area contributed by atoms with Gasteiger partial charge in [-0.3, -0.25) is 0 Å². The summed E-state index contributed by atoms with van der Waals surface area (Å²) in [6.07, 6.45) is 1.41. The molecule has 0 amide bonds. The highest BCUT2D eigenvalue weighted by atomic mass is 16.5. The molecular weight excluding hydrogens is 174 g/mol. The zero-order chi connectivity index (χ0) is 10.2. The first-order valence-corrected chi connectivity index (χ1v) is 4.78. The number of nitrogens with zero attached hydrogens (tertiary/aromatic N) is 1. The van der Waals surface area contributed by atoms with Crippen LogP contribution < -0.4 is 4.74 Å². The van der Waals surface area contributed by atoms with E-state index < -0.39 is 0 Å². The number of hydrogen-bond acceptors (Lipinski definition) is 2. The first kappa shape index (κ1) is 9.08. The highest BCUT2D eigenvalue weighted by Gasteiger charge is 2.29. The summed E-state index contributed by atoms with van der Waals surface area (Å²) in [7, 11) is 0. The summed E-state index contributed by atoms with van der Waals surface area (Å²) in [6, 6.07) is 8.16. The van der Waals surface area contributed by atoms with E-state index in [-0.39, 0.29) is 5.60 Å². The summed E-state index contributed by atoms with van der Waals surface area (Å²) in [4.78, 5) is 0. The second-order valence-electron chi connectivity index (χ2n) is 4.32. The molecule has 0 aromatic heterocycles. The van der Waals surface area contributed by atoms with Gasteiger partial charge in [0.05, 0.1) is 12.5 Å². The van der Waals surface area contributed by atoms with Gasteiger partial charge in [-0.25, -0.2) is 0 Å². The van der Waals surface area contributed by atoms with Crippen molar-refractivity contribution in [1.82, 2.24) is 0 Å². The lowest BCUT2D eigenvalue weighted by Gasteiger charge is -2.16. The molecule has 1 aliphatic rings. The summed E-state index contributed by atoms with van der Waals surface area (Å²) in [5, 5.41) is 8.59. The fourth-order valence-electron chi connectivity index (χ4n) is 1.86. The molecule has 0 fully saturated rings. The van der Waals surface area contributed by atoms with Crippen LogP contribution in [0.25, 0.3) is 0 Å². The largest absolute Gasteiger partial charge is 0.487 e. The number of rotatable bonds is 1.